The van der Waals surface area contributed by atoms with E-state index in [-0.39, 0.29) is 22.8 Å². The molecular formula is C20H12ClNO2. The molecule has 0 aliphatic heterocycles. The summed E-state index contributed by atoms with van der Waals surface area (Å²) in [6.07, 6.45) is 1.44. The lowest BCUT2D eigenvalue weighted by atomic mass is 9.83. The quantitative estimate of drug-likeness (QED) is 0.515. The van der Waals surface area contributed by atoms with Crippen molar-refractivity contribution in [2.75, 3.05) is 0 Å². The Kier molecular flexibility index (Phi) is 3.32. The number of ketones is 2. The first kappa shape index (κ1) is 14.8. The Balaban J connectivity index is 2.04. The van der Waals surface area contributed by atoms with Gasteiger partial charge in [0, 0.05) is 22.9 Å². The third kappa shape index (κ3) is 2.09. The Labute approximate surface area is 143 Å². The number of carbonyl (C=O) groups excluding carboxylic acids is 2. The molecule has 0 spiro atoms. The van der Waals surface area contributed by atoms with Gasteiger partial charge in [0.05, 0.1) is 10.6 Å². The first-order valence-corrected chi connectivity index (χ1v) is 7.89. The summed E-state index contributed by atoms with van der Waals surface area (Å²) in [6.45, 7) is 1.98. The normalized spacial score (nSPS) is 12.8. The second kappa shape index (κ2) is 5.39. The molecule has 0 radical (unpaired) electrons. The fraction of sp³-hybridized carbons (Fsp3) is 0.0500. The van der Waals surface area contributed by atoms with Crippen molar-refractivity contribution < 1.29 is 9.59 Å². The molecule has 116 valence electrons. The second-order valence-electron chi connectivity index (χ2n) is 5.77. The zero-order valence-corrected chi connectivity index (χ0v) is 13.6. The molecule has 24 heavy (non-hydrogen) atoms. The van der Waals surface area contributed by atoms with E-state index in [1.54, 1.807) is 24.3 Å². The highest BCUT2D eigenvalue weighted by molar-refractivity contribution is 6.37. The number of nitrogens with zero attached hydrogens (tertiary/aromatic N) is 1. The lowest BCUT2D eigenvalue weighted by molar-refractivity contribution is 0.0976. The van der Waals surface area contributed by atoms with Crippen molar-refractivity contribution in [2.24, 2.45) is 0 Å². The molecule has 1 heterocycles. The smallest absolute Gasteiger partial charge is 0.212 e. The highest BCUT2D eigenvalue weighted by Gasteiger charge is 2.33. The number of hydrogen-bond donors (Lipinski definition) is 0. The average molecular weight is 334 g/mol. The summed E-state index contributed by atoms with van der Waals surface area (Å²) in [4.78, 5) is 29.9. The van der Waals surface area contributed by atoms with E-state index in [4.69, 9.17) is 11.6 Å². The monoisotopic (exact) mass is 333 g/mol. The number of carbonyl (C=O) groups is 2. The van der Waals surface area contributed by atoms with Crippen LogP contribution >= 0.6 is 11.6 Å². The van der Waals surface area contributed by atoms with E-state index >= 15 is 0 Å². The van der Waals surface area contributed by atoms with Crippen LogP contribution in [0.25, 0.3) is 11.1 Å². The van der Waals surface area contributed by atoms with Crippen molar-refractivity contribution in [1.82, 2.24) is 4.98 Å². The van der Waals surface area contributed by atoms with Gasteiger partial charge in [0.25, 0.3) is 0 Å². The summed E-state index contributed by atoms with van der Waals surface area (Å²) >= 11 is 6.35. The van der Waals surface area contributed by atoms with Gasteiger partial charge >= 0.3 is 0 Å². The van der Waals surface area contributed by atoms with Crippen molar-refractivity contribution in [3.63, 3.8) is 0 Å². The minimum atomic E-state index is -0.245. The van der Waals surface area contributed by atoms with Gasteiger partial charge in [-0.3, -0.25) is 14.6 Å². The molecule has 3 aromatic rings. The van der Waals surface area contributed by atoms with Gasteiger partial charge in [0.2, 0.25) is 5.78 Å². The molecule has 0 saturated carbocycles. The maximum atomic E-state index is 13.0. The van der Waals surface area contributed by atoms with Gasteiger partial charge in [0.15, 0.2) is 5.78 Å². The summed E-state index contributed by atoms with van der Waals surface area (Å²) < 4.78 is 0. The maximum Gasteiger partial charge on any atom is 0.212 e. The summed E-state index contributed by atoms with van der Waals surface area (Å²) in [5.74, 6) is -0.462. The number of pyridine rings is 1. The molecule has 0 amide bonds. The molecule has 0 unspecified atom stereocenters. The van der Waals surface area contributed by atoms with Crippen LogP contribution in [0.15, 0.2) is 54.7 Å². The molecular weight excluding hydrogens is 322 g/mol. The Morgan fingerprint density at radius 2 is 1.46 bits per heavy atom. The van der Waals surface area contributed by atoms with Crippen molar-refractivity contribution in [3.8, 4) is 11.1 Å². The van der Waals surface area contributed by atoms with Crippen LogP contribution in [0.3, 0.4) is 0 Å². The molecule has 0 bridgehead atoms. The van der Waals surface area contributed by atoms with Crippen LogP contribution < -0.4 is 0 Å². The number of halogens is 1. The van der Waals surface area contributed by atoms with Gasteiger partial charge in [-0.05, 0) is 12.5 Å². The third-order valence-electron chi connectivity index (χ3n) is 4.23. The van der Waals surface area contributed by atoms with Crippen LogP contribution in [0, 0.1) is 6.92 Å². The number of rotatable bonds is 1. The van der Waals surface area contributed by atoms with Crippen molar-refractivity contribution in [2.45, 2.75) is 6.92 Å². The Morgan fingerprint density at radius 1 is 0.833 bits per heavy atom. The molecule has 1 aliphatic carbocycles. The SMILES string of the molecule is Cc1ccc(-c2c(Cl)cnc3c2C(=O)c2ccccc2C3=O)cc1. The minimum absolute atomic E-state index is 0.165. The molecule has 2 aromatic carbocycles. The van der Waals surface area contributed by atoms with Gasteiger partial charge in [-0.25, -0.2) is 0 Å². The summed E-state index contributed by atoms with van der Waals surface area (Å²) in [6, 6.07) is 14.5. The second-order valence-corrected chi connectivity index (χ2v) is 6.18. The lowest BCUT2D eigenvalue weighted by Gasteiger charge is -2.20. The van der Waals surface area contributed by atoms with Crippen molar-refractivity contribution in [1.29, 1.82) is 0 Å². The average Bonchev–Trinajstić information content (AvgIpc) is 2.60. The lowest BCUT2D eigenvalue weighted by Crippen LogP contribution is -2.23. The maximum absolute atomic E-state index is 13.0. The predicted octanol–water partition coefficient (Wildman–Crippen LogP) is 4.49. The highest BCUT2D eigenvalue weighted by atomic mass is 35.5. The fourth-order valence-electron chi connectivity index (χ4n) is 3.03. The summed E-state index contributed by atoms with van der Waals surface area (Å²) in [7, 11) is 0. The predicted molar refractivity (Wildman–Crippen MR) is 92.7 cm³/mol. The van der Waals surface area contributed by atoms with Gasteiger partial charge in [0.1, 0.15) is 5.69 Å². The van der Waals surface area contributed by atoms with Crippen molar-refractivity contribution >= 4 is 23.2 Å². The molecule has 0 atom stereocenters. The number of fused-ring (bicyclic) bond motifs is 2. The zero-order chi connectivity index (χ0) is 16.8. The molecule has 4 rings (SSSR count). The molecule has 0 saturated heterocycles. The number of aryl methyl sites for hydroxylation is 1. The number of hydrogen-bond acceptors (Lipinski definition) is 3. The largest absolute Gasteiger partial charge is 0.288 e. The Hall–Kier alpha value is -2.78. The van der Waals surface area contributed by atoms with Crippen LogP contribution in [0.2, 0.25) is 5.02 Å². The topological polar surface area (TPSA) is 47.0 Å². The van der Waals surface area contributed by atoms with E-state index in [1.165, 1.54) is 6.20 Å². The molecule has 1 aromatic heterocycles. The van der Waals surface area contributed by atoms with Gasteiger partial charge in [-0.15, -0.1) is 0 Å². The minimum Gasteiger partial charge on any atom is -0.288 e. The van der Waals surface area contributed by atoms with E-state index in [0.717, 1.165) is 11.1 Å². The fourth-order valence-corrected chi connectivity index (χ4v) is 3.28. The van der Waals surface area contributed by atoms with E-state index in [0.29, 0.717) is 21.7 Å². The van der Waals surface area contributed by atoms with Gasteiger partial charge < -0.3 is 0 Å². The molecule has 3 nitrogen and oxygen atoms in total. The first-order chi connectivity index (χ1) is 11.6. The van der Waals surface area contributed by atoms with Crippen molar-refractivity contribution in [3.05, 3.63) is 87.7 Å². The highest BCUT2D eigenvalue weighted by Crippen LogP contribution is 2.37. The Bertz CT molecular complexity index is 1010. The van der Waals surface area contributed by atoms with Crippen LogP contribution in [0.1, 0.15) is 37.5 Å². The molecule has 0 fully saturated rings. The standard InChI is InChI=1S/C20H12ClNO2/c1-11-6-8-12(9-7-11)16-15(21)10-22-18-17(16)19(23)13-4-2-3-5-14(13)20(18)24/h2-10H,1H3. The molecule has 1 aliphatic rings. The number of benzene rings is 2. The summed E-state index contributed by atoms with van der Waals surface area (Å²) in [5.41, 5.74) is 3.70. The van der Waals surface area contributed by atoms with Crippen LogP contribution in [-0.2, 0) is 0 Å². The first-order valence-electron chi connectivity index (χ1n) is 7.52. The van der Waals surface area contributed by atoms with Gasteiger partial charge in [-0.1, -0.05) is 65.7 Å². The number of aromatic nitrogens is 1. The van der Waals surface area contributed by atoms with Gasteiger partial charge in [-0.2, -0.15) is 0 Å². The van der Waals surface area contributed by atoms with E-state index in [2.05, 4.69) is 4.98 Å². The van der Waals surface area contributed by atoms with E-state index in [9.17, 15) is 9.59 Å². The molecule has 4 heteroatoms. The van der Waals surface area contributed by atoms with Crippen LogP contribution in [0.4, 0.5) is 0 Å². The molecule has 0 N–H and O–H groups in total. The van der Waals surface area contributed by atoms with E-state index in [1.807, 2.05) is 31.2 Å². The Morgan fingerprint density at radius 3 is 2.12 bits per heavy atom. The zero-order valence-electron chi connectivity index (χ0n) is 12.8. The summed E-state index contributed by atoms with van der Waals surface area (Å²) in [5, 5.41) is 0.359. The van der Waals surface area contributed by atoms with Crippen LogP contribution in [-0.4, -0.2) is 16.6 Å². The third-order valence-corrected chi connectivity index (χ3v) is 4.52. The van der Waals surface area contributed by atoms with E-state index < -0.39 is 0 Å². The van der Waals surface area contributed by atoms with Crippen LogP contribution in [0.5, 0.6) is 0 Å².